The fraction of sp³-hybridized carbons (Fsp3) is 0.208. The van der Waals surface area contributed by atoms with Crippen LogP contribution in [-0.4, -0.2) is 34.8 Å². The van der Waals surface area contributed by atoms with Gasteiger partial charge in [0.25, 0.3) is 5.91 Å². The number of aromatic nitrogens is 1. The summed E-state index contributed by atoms with van der Waals surface area (Å²) in [6.45, 7) is 4.86. The van der Waals surface area contributed by atoms with Gasteiger partial charge in [-0.1, -0.05) is 24.8 Å². The van der Waals surface area contributed by atoms with E-state index in [-0.39, 0.29) is 11.8 Å². The first kappa shape index (κ1) is 20.8. The monoisotopic (exact) mass is 433 g/mol. The third-order valence-corrected chi connectivity index (χ3v) is 6.54. The van der Waals surface area contributed by atoms with Crippen LogP contribution in [0.15, 0.2) is 67.3 Å². The van der Waals surface area contributed by atoms with E-state index in [0.717, 1.165) is 29.2 Å². The van der Waals surface area contributed by atoms with E-state index in [1.165, 1.54) is 17.4 Å². The first-order chi connectivity index (χ1) is 15.0. The van der Waals surface area contributed by atoms with Crippen LogP contribution in [0.2, 0.25) is 0 Å². The molecule has 7 heteroatoms. The van der Waals surface area contributed by atoms with Gasteiger partial charge in [-0.2, -0.15) is 0 Å². The van der Waals surface area contributed by atoms with Crippen LogP contribution in [0.1, 0.15) is 33.4 Å². The van der Waals surface area contributed by atoms with Gasteiger partial charge in [-0.3, -0.25) is 9.59 Å². The molecule has 1 saturated heterocycles. The summed E-state index contributed by atoms with van der Waals surface area (Å²) in [5.74, 6) is 1.12. The zero-order chi connectivity index (χ0) is 21.8. The molecule has 0 spiro atoms. The molecular formula is C24H23N3O3S. The number of thiazole rings is 1. The summed E-state index contributed by atoms with van der Waals surface area (Å²) < 4.78 is 5.84. The van der Waals surface area contributed by atoms with Gasteiger partial charge in [-0.05, 0) is 55.3 Å². The molecule has 0 aliphatic carbocycles. The molecule has 2 heterocycles. The van der Waals surface area contributed by atoms with Crippen LogP contribution >= 0.6 is 11.3 Å². The molecular weight excluding hydrogens is 410 g/mol. The highest BCUT2D eigenvalue weighted by atomic mass is 32.1. The maximum atomic E-state index is 12.1. The van der Waals surface area contributed by atoms with E-state index in [4.69, 9.17) is 15.5 Å². The Labute approximate surface area is 185 Å². The highest BCUT2D eigenvalue weighted by Crippen LogP contribution is 2.37. The smallest absolute Gasteiger partial charge is 0.261 e. The summed E-state index contributed by atoms with van der Waals surface area (Å²) in [7, 11) is 0. The summed E-state index contributed by atoms with van der Waals surface area (Å²) in [5, 5.41) is 0.888. The lowest BCUT2D eigenvalue weighted by molar-refractivity contribution is -0.127. The Hall–Kier alpha value is -3.45. The molecule has 0 radical (unpaired) electrons. The van der Waals surface area contributed by atoms with Gasteiger partial charge >= 0.3 is 0 Å². The van der Waals surface area contributed by atoms with Gasteiger partial charge in [0.2, 0.25) is 5.91 Å². The Morgan fingerprint density at radius 3 is 2.32 bits per heavy atom. The molecule has 2 N–H and O–H groups in total. The zero-order valence-corrected chi connectivity index (χ0v) is 17.8. The Bertz CT molecular complexity index is 1090. The number of piperidine rings is 1. The van der Waals surface area contributed by atoms with E-state index in [1.807, 2.05) is 54.6 Å². The third-order valence-electron chi connectivity index (χ3n) is 5.30. The van der Waals surface area contributed by atoms with E-state index >= 15 is 0 Å². The molecule has 0 saturated carbocycles. The Morgan fingerprint density at radius 2 is 1.71 bits per heavy atom. The molecule has 1 aliphatic heterocycles. The summed E-state index contributed by atoms with van der Waals surface area (Å²) >= 11 is 1.35. The second kappa shape index (κ2) is 9.14. The standard InChI is InChI=1S/C24H23N3O3S/c1-2-20(28)27-14-12-17(13-15-27)24-26-21(22(31-24)23(25)29)16-8-10-19(11-9-16)30-18-6-4-3-5-7-18/h2-11,17H,1,12-15H2,(H2,25,29). The average Bonchev–Trinajstić information content (AvgIpc) is 3.26. The third kappa shape index (κ3) is 4.67. The highest BCUT2D eigenvalue weighted by Gasteiger charge is 2.27. The van der Waals surface area contributed by atoms with E-state index < -0.39 is 5.91 Å². The van der Waals surface area contributed by atoms with Gasteiger partial charge in [0.1, 0.15) is 16.4 Å². The van der Waals surface area contributed by atoms with Crippen molar-refractivity contribution in [1.29, 1.82) is 0 Å². The van der Waals surface area contributed by atoms with Crippen LogP contribution in [0.3, 0.4) is 0 Å². The SMILES string of the molecule is C=CC(=O)N1CCC(c2nc(-c3ccc(Oc4ccccc4)cc3)c(C(N)=O)s2)CC1. The minimum atomic E-state index is -0.484. The van der Waals surface area contributed by atoms with E-state index in [2.05, 4.69) is 6.58 Å². The number of hydrogen-bond acceptors (Lipinski definition) is 5. The van der Waals surface area contributed by atoms with Crippen molar-refractivity contribution in [3.63, 3.8) is 0 Å². The topological polar surface area (TPSA) is 85.5 Å². The lowest BCUT2D eigenvalue weighted by Gasteiger charge is -2.30. The normalized spacial score (nSPS) is 14.3. The number of benzene rings is 2. The van der Waals surface area contributed by atoms with Gasteiger partial charge in [-0.25, -0.2) is 4.98 Å². The Balaban J connectivity index is 1.53. The fourth-order valence-corrected chi connectivity index (χ4v) is 4.76. The molecule has 1 fully saturated rings. The summed E-state index contributed by atoms with van der Waals surface area (Å²) in [4.78, 5) is 30.9. The lowest BCUT2D eigenvalue weighted by Crippen LogP contribution is -2.36. The van der Waals surface area contributed by atoms with Crippen LogP contribution in [0, 0.1) is 0 Å². The summed E-state index contributed by atoms with van der Waals surface area (Å²) in [6, 6.07) is 17.0. The first-order valence-corrected chi connectivity index (χ1v) is 10.9. The van der Waals surface area contributed by atoms with E-state index in [9.17, 15) is 9.59 Å². The van der Waals surface area contributed by atoms with Gasteiger partial charge < -0.3 is 15.4 Å². The van der Waals surface area contributed by atoms with Crippen molar-refractivity contribution < 1.29 is 14.3 Å². The van der Waals surface area contributed by atoms with Crippen molar-refractivity contribution >= 4 is 23.2 Å². The number of rotatable bonds is 6. The van der Waals surface area contributed by atoms with Crippen molar-refractivity contribution in [2.45, 2.75) is 18.8 Å². The molecule has 1 aromatic heterocycles. The van der Waals surface area contributed by atoms with Crippen LogP contribution in [-0.2, 0) is 4.79 Å². The number of ether oxygens (including phenoxy) is 1. The molecule has 6 nitrogen and oxygen atoms in total. The van der Waals surface area contributed by atoms with Crippen molar-refractivity contribution in [2.24, 2.45) is 5.73 Å². The molecule has 0 atom stereocenters. The predicted octanol–water partition coefficient (Wildman–Crippen LogP) is 4.59. The number of para-hydroxylation sites is 1. The number of hydrogen-bond donors (Lipinski definition) is 1. The minimum Gasteiger partial charge on any atom is -0.457 e. The number of primary amides is 1. The molecule has 3 aromatic rings. The van der Waals surface area contributed by atoms with Crippen LogP contribution in [0.25, 0.3) is 11.3 Å². The Kier molecular flexibility index (Phi) is 6.13. The van der Waals surface area contributed by atoms with E-state index in [1.54, 1.807) is 4.90 Å². The highest BCUT2D eigenvalue weighted by molar-refractivity contribution is 7.14. The quantitative estimate of drug-likeness (QED) is 0.576. The molecule has 4 rings (SSSR count). The number of carbonyl (C=O) groups is 2. The number of amides is 2. The predicted molar refractivity (Wildman–Crippen MR) is 121 cm³/mol. The largest absolute Gasteiger partial charge is 0.457 e. The first-order valence-electron chi connectivity index (χ1n) is 10.1. The van der Waals surface area contributed by atoms with Crippen LogP contribution < -0.4 is 10.5 Å². The number of carbonyl (C=O) groups excluding carboxylic acids is 2. The fourth-order valence-electron chi connectivity index (χ4n) is 3.66. The van der Waals surface area contributed by atoms with Crippen LogP contribution in [0.4, 0.5) is 0 Å². The molecule has 0 bridgehead atoms. The minimum absolute atomic E-state index is 0.0473. The second-order valence-electron chi connectivity index (χ2n) is 7.34. The number of likely N-dealkylation sites (tertiary alicyclic amines) is 1. The van der Waals surface area contributed by atoms with Crippen LogP contribution in [0.5, 0.6) is 11.5 Å². The zero-order valence-electron chi connectivity index (χ0n) is 17.0. The van der Waals surface area contributed by atoms with Gasteiger partial charge in [0, 0.05) is 24.6 Å². The number of nitrogens with zero attached hydrogens (tertiary/aromatic N) is 2. The summed E-state index contributed by atoms with van der Waals surface area (Å²) in [6.07, 6.45) is 2.95. The maximum Gasteiger partial charge on any atom is 0.261 e. The van der Waals surface area contributed by atoms with Gasteiger partial charge in [0.15, 0.2) is 0 Å². The Morgan fingerprint density at radius 1 is 1.06 bits per heavy atom. The van der Waals surface area contributed by atoms with Gasteiger partial charge in [-0.15, -0.1) is 11.3 Å². The van der Waals surface area contributed by atoms with Crippen molar-refractivity contribution in [3.8, 4) is 22.8 Å². The molecule has 2 amide bonds. The molecule has 158 valence electrons. The van der Waals surface area contributed by atoms with Gasteiger partial charge in [0.05, 0.1) is 10.7 Å². The van der Waals surface area contributed by atoms with Crippen molar-refractivity contribution in [1.82, 2.24) is 9.88 Å². The molecule has 0 unspecified atom stereocenters. The lowest BCUT2D eigenvalue weighted by atomic mass is 9.97. The molecule has 2 aromatic carbocycles. The van der Waals surface area contributed by atoms with Crippen molar-refractivity contribution in [3.05, 3.63) is 77.1 Å². The number of nitrogens with two attached hydrogens (primary N) is 1. The maximum absolute atomic E-state index is 12.1. The van der Waals surface area contributed by atoms with Crippen molar-refractivity contribution in [2.75, 3.05) is 13.1 Å². The summed E-state index contributed by atoms with van der Waals surface area (Å²) in [5.41, 5.74) is 7.07. The average molecular weight is 434 g/mol. The second-order valence-corrected chi connectivity index (χ2v) is 8.37. The molecule has 31 heavy (non-hydrogen) atoms. The molecule has 1 aliphatic rings. The van der Waals surface area contributed by atoms with E-state index in [0.29, 0.717) is 29.4 Å².